The van der Waals surface area contributed by atoms with Crippen molar-refractivity contribution in [3.05, 3.63) is 23.8 Å². The van der Waals surface area contributed by atoms with Crippen LogP contribution < -0.4 is 14.8 Å². The Labute approximate surface area is 104 Å². The number of fused-ring (bicyclic) bond motifs is 1. The molecule has 1 heterocycles. The number of carbonyl (C=O) groups is 2. The van der Waals surface area contributed by atoms with Gasteiger partial charge in [-0.15, -0.1) is 0 Å². The summed E-state index contributed by atoms with van der Waals surface area (Å²) in [5.41, 5.74) is 0.949. The van der Waals surface area contributed by atoms with Crippen LogP contribution in [0.2, 0.25) is 0 Å². The van der Waals surface area contributed by atoms with Gasteiger partial charge in [-0.3, -0.25) is 4.79 Å². The summed E-state index contributed by atoms with van der Waals surface area (Å²) >= 11 is 0. The molecule has 1 amide bonds. The third kappa shape index (κ3) is 2.91. The molecule has 0 spiro atoms. The largest absolute Gasteiger partial charge is 0.486 e. The summed E-state index contributed by atoms with van der Waals surface area (Å²) in [4.78, 5) is 21.1. The van der Waals surface area contributed by atoms with Crippen molar-refractivity contribution in [2.75, 3.05) is 19.8 Å². The predicted molar refractivity (Wildman–Crippen MR) is 61.8 cm³/mol. The van der Waals surface area contributed by atoms with Crippen molar-refractivity contribution in [2.45, 2.75) is 6.42 Å². The number of aliphatic carboxylic acids is 1. The van der Waals surface area contributed by atoms with Crippen molar-refractivity contribution in [1.82, 2.24) is 5.32 Å². The van der Waals surface area contributed by atoms with Crippen LogP contribution in [0.25, 0.3) is 0 Å². The number of carbonyl (C=O) groups excluding carboxylic acids is 1. The average Bonchev–Trinajstić information content (AvgIpc) is 2.38. The van der Waals surface area contributed by atoms with Gasteiger partial charge in [0.05, 0.1) is 0 Å². The summed E-state index contributed by atoms with van der Waals surface area (Å²) in [5, 5.41) is 10.7. The van der Waals surface area contributed by atoms with Crippen LogP contribution >= 0.6 is 0 Å². The van der Waals surface area contributed by atoms with E-state index in [0.717, 1.165) is 5.56 Å². The van der Waals surface area contributed by atoms with E-state index in [1.165, 1.54) is 0 Å². The molecule has 1 aromatic rings. The Bertz CT molecular complexity index is 472. The highest BCUT2D eigenvalue weighted by molar-refractivity contribution is 6.31. The summed E-state index contributed by atoms with van der Waals surface area (Å²) in [7, 11) is 0. The van der Waals surface area contributed by atoms with Gasteiger partial charge in [-0.2, -0.15) is 0 Å². The van der Waals surface area contributed by atoms with E-state index < -0.39 is 11.9 Å². The third-order valence-corrected chi connectivity index (χ3v) is 2.50. The first kappa shape index (κ1) is 12.2. The molecule has 0 aliphatic carbocycles. The number of hydrogen-bond acceptors (Lipinski definition) is 4. The molecule has 2 N–H and O–H groups in total. The Balaban J connectivity index is 1.90. The molecule has 0 unspecified atom stereocenters. The van der Waals surface area contributed by atoms with Crippen LogP contribution in [0.5, 0.6) is 11.5 Å². The van der Waals surface area contributed by atoms with Gasteiger partial charge in [0.2, 0.25) is 0 Å². The first-order valence-electron chi connectivity index (χ1n) is 5.56. The quantitative estimate of drug-likeness (QED) is 0.750. The fourth-order valence-corrected chi connectivity index (χ4v) is 1.64. The highest BCUT2D eigenvalue weighted by Gasteiger charge is 2.12. The maximum atomic E-state index is 10.8. The highest BCUT2D eigenvalue weighted by Crippen LogP contribution is 2.30. The van der Waals surface area contributed by atoms with E-state index in [9.17, 15) is 9.59 Å². The van der Waals surface area contributed by atoms with Crippen molar-refractivity contribution in [3.8, 4) is 11.5 Å². The molecule has 0 bridgehead atoms. The molecule has 0 aromatic heterocycles. The maximum absolute atomic E-state index is 10.8. The van der Waals surface area contributed by atoms with Gasteiger partial charge >= 0.3 is 11.9 Å². The zero-order valence-corrected chi connectivity index (χ0v) is 9.64. The summed E-state index contributed by atoms with van der Waals surface area (Å²) in [5.74, 6) is -1.08. The van der Waals surface area contributed by atoms with Crippen LogP contribution in [0.3, 0.4) is 0 Å². The van der Waals surface area contributed by atoms with Gasteiger partial charge in [0.1, 0.15) is 13.2 Å². The minimum atomic E-state index is -1.47. The number of amides is 1. The maximum Gasteiger partial charge on any atom is 0.394 e. The Hall–Kier alpha value is -2.24. The lowest BCUT2D eigenvalue weighted by Gasteiger charge is -2.18. The predicted octanol–water partition coefficient (Wildman–Crippen LogP) is 0.201. The molecular formula is C12H13NO5. The summed E-state index contributed by atoms with van der Waals surface area (Å²) in [6.45, 7) is 1.33. The van der Waals surface area contributed by atoms with E-state index in [4.69, 9.17) is 14.6 Å². The van der Waals surface area contributed by atoms with E-state index in [2.05, 4.69) is 5.32 Å². The number of hydrogen-bond donors (Lipinski definition) is 2. The van der Waals surface area contributed by atoms with Crippen molar-refractivity contribution in [1.29, 1.82) is 0 Å². The standard InChI is InChI=1S/C12H13NO5/c14-11(12(15)16)13-4-3-8-1-2-9-10(7-8)18-6-5-17-9/h1-2,7H,3-6H2,(H,13,14)(H,15,16). The van der Waals surface area contributed by atoms with Crippen LogP contribution in [0.15, 0.2) is 18.2 Å². The molecule has 1 aliphatic rings. The van der Waals surface area contributed by atoms with E-state index in [1.54, 1.807) is 0 Å². The lowest BCUT2D eigenvalue weighted by molar-refractivity contribution is -0.150. The van der Waals surface area contributed by atoms with Crippen LogP contribution in [0.4, 0.5) is 0 Å². The molecule has 1 aromatic carbocycles. The molecule has 0 saturated heterocycles. The molecule has 0 fully saturated rings. The normalized spacial score (nSPS) is 12.9. The van der Waals surface area contributed by atoms with Gasteiger partial charge in [0.15, 0.2) is 11.5 Å². The second-order valence-corrected chi connectivity index (χ2v) is 3.79. The Morgan fingerprint density at radius 2 is 1.94 bits per heavy atom. The molecular weight excluding hydrogens is 238 g/mol. The van der Waals surface area contributed by atoms with Gasteiger partial charge in [0.25, 0.3) is 0 Å². The van der Waals surface area contributed by atoms with Crippen molar-refractivity contribution < 1.29 is 24.2 Å². The molecule has 6 nitrogen and oxygen atoms in total. The topological polar surface area (TPSA) is 84.9 Å². The highest BCUT2D eigenvalue weighted by atomic mass is 16.6. The molecule has 0 atom stereocenters. The summed E-state index contributed by atoms with van der Waals surface area (Å²) < 4.78 is 10.8. The Kier molecular flexibility index (Phi) is 3.66. The van der Waals surface area contributed by atoms with E-state index in [-0.39, 0.29) is 6.54 Å². The number of benzene rings is 1. The van der Waals surface area contributed by atoms with Gasteiger partial charge in [-0.05, 0) is 24.1 Å². The second kappa shape index (κ2) is 5.39. The van der Waals surface area contributed by atoms with Crippen LogP contribution in [0.1, 0.15) is 5.56 Å². The first-order valence-corrected chi connectivity index (χ1v) is 5.56. The molecule has 0 saturated carbocycles. The fraction of sp³-hybridized carbons (Fsp3) is 0.333. The average molecular weight is 251 g/mol. The zero-order chi connectivity index (χ0) is 13.0. The Morgan fingerprint density at radius 1 is 1.22 bits per heavy atom. The smallest absolute Gasteiger partial charge is 0.394 e. The van der Waals surface area contributed by atoms with Crippen molar-refractivity contribution in [2.24, 2.45) is 0 Å². The number of ether oxygens (including phenoxy) is 2. The van der Waals surface area contributed by atoms with E-state index in [1.807, 2.05) is 18.2 Å². The number of carboxylic acid groups (broad SMARTS) is 1. The minimum Gasteiger partial charge on any atom is -0.486 e. The van der Waals surface area contributed by atoms with E-state index in [0.29, 0.717) is 31.1 Å². The van der Waals surface area contributed by atoms with Gasteiger partial charge in [-0.25, -0.2) is 4.79 Å². The molecule has 18 heavy (non-hydrogen) atoms. The molecule has 96 valence electrons. The van der Waals surface area contributed by atoms with Crippen molar-refractivity contribution in [3.63, 3.8) is 0 Å². The fourth-order valence-electron chi connectivity index (χ4n) is 1.64. The van der Waals surface area contributed by atoms with Gasteiger partial charge in [-0.1, -0.05) is 6.07 Å². The number of nitrogens with one attached hydrogen (secondary N) is 1. The van der Waals surface area contributed by atoms with Crippen LogP contribution in [-0.2, 0) is 16.0 Å². The SMILES string of the molecule is O=C(O)C(=O)NCCc1ccc2c(c1)OCCO2. The summed E-state index contributed by atoms with van der Waals surface area (Å²) in [6.07, 6.45) is 0.537. The van der Waals surface area contributed by atoms with Gasteiger partial charge < -0.3 is 19.9 Å². The van der Waals surface area contributed by atoms with Crippen LogP contribution in [-0.4, -0.2) is 36.7 Å². The van der Waals surface area contributed by atoms with Crippen LogP contribution in [0, 0.1) is 0 Å². The molecule has 0 radical (unpaired) electrons. The lowest BCUT2D eigenvalue weighted by atomic mass is 10.1. The first-order chi connectivity index (χ1) is 8.66. The molecule has 1 aliphatic heterocycles. The number of rotatable bonds is 3. The van der Waals surface area contributed by atoms with Crippen molar-refractivity contribution >= 4 is 11.9 Å². The van der Waals surface area contributed by atoms with E-state index >= 15 is 0 Å². The zero-order valence-electron chi connectivity index (χ0n) is 9.64. The molecule has 2 rings (SSSR count). The second-order valence-electron chi connectivity index (χ2n) is 3.79. The minimum absolute atomic E-state index is 0.269. The lowest BCUT2D eigenvalue weighted by Crippen LogP contribution is -2.32. The molecule has 6 heteroatoms. The number of carboxylic acids is 1. The third-order valence-electron chi connectivity index (χ3n) is 2.50. The van der Waals surface area contributed by atoms with Gasteiger partial charge in [0, 0.05) is 6.54 Å². The monoisotopic (exact) mass is 251 g/mol. The summed E-state index contributed by atoms with van der Waals surface area (Å²) in [6, 6.07) is 5.50. The Morgan fingerprint density at radius 3 is 2.67 bits per heavy atom.